The van der Waals surface area contributed by atoms with Crippen molar-refractivity contribution >= 4 is 75.8 Å². The van der Waals surface area contributed by atoms with Crippen molar-refractivity contribution in [2.75, 3.05) is 0 Å². The van der Waals surface area contributed by atoms with Crippen LogP contribution in [0.25, 0.3) is 0 Å². The molecule has 0 fully saturated rings. The Hall–Kier alpha value is -2.48. The SMILES string of the molecule is O=C(c1ccc(C(=O)[O-])c(C(=O)[O-])c1)c1ccc(C(=O)[O-])c(C(=O)[O-])c1.[Mg+2].[Mg+2]. The first-order valence-electron chi connectivity index (χ1n) is 6.81. The number of benzene rings is 2. The zero-order valence-corrected chi connectivity index (χ0v) is 16.9. The van der Waals surface area contributed by atoms with E-state index in [0.717, 1.165) is 36.4 Å². The molecule has 2 aromatic carbocycles. The van der Waals surface area contributed by atoms with Crippen LogP contribution in [0.3, 0.4) is 0 Å². The van der Waals surface area contributed by atoms with Crippen LogP contribution in [0.4, 0.5) is 0 Å². The van der Waals surface area contributed by atoms with Gasteiger partial charge in [0.15, 0.2) is 5.78 Å². The summed E-state index contributed by atoms with van der Waals surface area (Å²) in [5.41, 5.74) is -3.60. The fourth-order valence-electron chi connectivity index (χ4n) is 2.23. The fraction of sp³-hybridized carbons (Fsp3) is 0. The van der Waals surface area contributed by atoms with E-state index in [4.69, 9.17) is 0 Å². The number of hydrogen-bond acceptors (Lipinski definition) is 9. The van der Waals surface area contributed by atoms with Gasteiger partial charge in [0.25, 0.3) is 0 Å². The molecule has 0 aliphatic carbocycles. The Labute approximate surface area is 189 Å². The van der Waals surface area contributed by atoms with E-state index in [2.05, 4.69) is 0 Å². The van der Waals surface area contributed by atoms with Crippen LogP contribution in [0, 0.1) is 0 Å². The molecular weight excluding hydrogens is 397 g/mol. The molecule has 132 valence electrons. The van der Waals surface area contributed by atoms with Crippen molar-refractivity contribution in [2.24, 2.45) is 0 Å². The molecule has 0 spiro atoms. The minimum Gasteiger partial charge on any atom is -0.545 e. The summed E-state index contributed by atoms with van der Waals surface area (Å²) in [5.74, 6) is -8.19. The van der Waals surface area contributed by atoms with E-state index in [1.54, 1.807) is 0 Å². The average Bonchev–Trinajstić information content (AvgIpc) is 2.59. The molecule has 0 aliphatic rings. The maximum Gasteiger partial charge on any atom is 2.00 e. The van der Waals surface area contributed by atoms with Crippen molar-refractivity contribution in [3.05, 3.63) is 69.8 Å². The summed E-state index contributed by atoms with van der Waals surface area (Å²) >= 11 is 0. The molecule has 0 bridgehead atoms. The zero-order valence-electron chi connectivity index (χ0n) is 14.1. The number of carbonyl (C=O) groups is 5. The summed E-state index contributed by atoms with van der Waals surface area (Å²) in [5, 5.41) is 43.8. The molecule has 0 saturated carbocycles. The Morgan fingerprint density at radius 3 is 1.04 bits per heavy atom. The van der Waals surface area contributed by atoms with Gasteiger partial charge < -0.3 is 39.6 Å². The second-order valence-corrected chi connectivity index (χ2v) is 5.00. The van der Waals surface area contributed by atoms with Crippen molar-refractivity contribution in [2.45, 2.75) is 0 Å². The molecule has 28 heavy (non-hydrogen) atoms. The van der Waals surface area contributed by atoms with E-state index in [1.807, 2.05) is 0 Å². The molecule has 0 unspecified atom stereocenters. The average molecular weight is 403 g/mol. The third-order valence-electron chi connectivity index (χ3n) is 3.44. The molecule has 11 heteroatoms. The number of carbonyl (C=O) groups excluding carboxylic acids is 5. The summed E-state index contributed by atoms with van der Waals surface area (Å²) in [6.07, 6.45) is 0. The van der Waals surface area contributed by atoms with Gasteiger partial charge >= 0.3 is 46.1 Å². The van der Waals surface area contributed by atoms with Crippen molar-refractivity contribution in [3.8, 4) is 0 Å². The number of carboxylic acids is 4. The van der Waals surface area contributed by atoms with Crippen molar-refractivity contribution in [3.63, 3.8) is 0 Å². The van der Waals surface area contributed by atoms with E-state index < -0.39 is 51.9 Å². The smallest absolute Gasteiger partial charge is 0.545 e. The molecular formula is C17H6Mg2O9. The normalized spacial score (nSPS) is 9.43. The number of rotatable bonds is 6. The second-order valence-electron chi connectivity index (χ2n) is 5.00. The third kappa shape index (κ3) is 5.28. The van der Waals surface area contributed by atoms with E-state index in [1.165, 1.54) is 0 Å². The Bertz CT molecular complexity index is 905. The van der Waals surface area contributed by atoms with Crippen LogP contribution in [0.5, 0.6) is 0 Å². The monoisotopic (exact) mass is 402 g/mol. The minimum absolute atomic E-state index is 0. The molecule has 0 N–H and O–H groups in total. The number of aromatic carboxylic acids is 4. The van der Waals surface area contributed by atoms with Crippen LogP contribution in [0.2, 0.25) is 0 Å². The van der Waals surface area contributed by atoms with Crippen LogP contribution in [-0.4, -0.2) is 75.8 Å². The van der Waals surface area contributed by atoms with E-state index in [9.17, 15) is 44.4 Å². The molecule has 0 saturated heterocycles. The standard InChI is InChI=1S/C17H10O9.2Mg/c18-13(7-1-3-9(14(19)20)11(5-7)16(23)24)8-2-4-10(15(21)22)12(6-8)17(25)26;;/h1-6H,(H,19,20)(H,21,22)(H,23,24)(H,25,26);;/q;2*+2/p-4. The summed E-state index contributed by atoms with van der Waals surface area (Å²) in [4.78, 5) is 56.2. The van der Waals surface area contributed by atoms with Crippen LogP contribution in [-0.2, 0) is 0 Å². The molecule has 0 amide bonds. The second kappa shape index (κ2) is 10.2. The largest absolute Gasteiger partial charge is 2.00 e. The van der Waals surface area contributed by atoms with E-state index >= 15 is 0 Å². The van der Waals surface area contributed by atoms with Gasteiger partial charge in [-0.15, -0.1) is 0 Å². The van der Waals surface area contributed by atoms with Gasteiger partial charge in [0.1, 0.15) is 0 Å². The molecule has 0 radical (unpaired) electrons. The minimum atomic E-state index is -1.86. The van der Waals surface area contributed by atoms with Gasteiger partial charge in [0, 0.05) is 33.4 Å². The van der Waals surface area contributed by atoms with Crippen molar-refractivity contribution in [1.29, 1.82) is 0 Å². The van der Waals surface area contributed by atoms with Crippen LogP contribution in [0.1, 0.15) is 57.4 Å². The Kier molecular flexibility index (Phi) is 9.27. The van der Waals surface area contributed by atoms with Gasteiger partial charge in [-0.05, 0) is 12.1 Å². The van der Waals surface area contributed by atoms with Crippen LogP contribution < -0.4 is 20.4 Å². The van der Waals surface area contributed by atoms with Gasteiger partial charge in [0.2, 0.25) is 0 Å². The maximum atomic E-state index is 12.4. The number of hydrogen-bond donors (Lipinski definition) is 0. The molecule has 2 aromatic rings. The first-order valence-corrected chi connectivity index (χ1v) is 6.81. The summed E-state index contributed by atoms with van der Waals surface area (Å²) < 4.78 is 0. The van der Waals surface area contributed by atoms with Gasteiger partial charge in [0.05, 0.1) is 23.9 Å². The molecule has 2 rings (SSSR count). The first-order chi connectivity index (χ1) is 12.1. The maximum absolute atomic E-state index is 12.4. The van der Waals surface area contributed by atoms with Crippen molar-refractivity contribution < 1.29 is 44.4 Å². The first kappa shape index (κ1) is 25.5. The zero-order chi connectivity index (χ0) is 19.6. The van der Waals surface area contributed by atoms with Gasteiger partial charge in [-0.3, -0.25) is 4.79 Å². The summed E-state index contributed by atoms with van der Waals surface area (Å²) in [7, 11) is 0. The predicted octanol–water partition coefficient (Wildman–Crippen LogP) is -4.39. The summed E-state index contributed by atoms with van der Waals surface area (Å²) in [6, 6.07) is 5.09. The van der Waals surface area contributed by atoms with Crippen LogP contribution >= 0.6 is 0 Å². The Balaban J connectivity index is 0.00000364. The fourth-order valence-corrected chi connectivity index (χ4v) is 2.23. The van der Waals surface area contributed by atoms with Crippen molar-refractivity contribution in [1.82, 2.24) is 0 Å². The number of ketones is 1. The van der Waals surface area contributed by atoms with E-state index in [-0.39, 0.29) is 57.2 Å². The van der Waals surface area contributed by atoms with Gasteiger partial charge in [-0.1, -0.05) is 24.3 Å². The molecule has 0 aliphatic heterocycles. The summed E-state index contributed by atoms with van der Waals surface area (Å²) in [6.45, 7) is 0. The third-order valence-corrected chi connectivity index (χ3v) is 3.44. The molecule has 0 atom stereocenters. The topological polar surface area (TPSA) is 178 Å². The molecule has 0 heterocycles. The molecule has 0 aromatic heterocycles. The van der Waals surface area contributed by atoms with Gasteiger partial charge in [-0.2, -0.15) is 0 Å². The predicted molar refractivity (Wildman–Crippen MR) is 85.1 cm³/mol. The van der Waals surface area contributed by atoms with Crippen LogP contribution in [0.15, 0.2) is 36.4 Å². The van der Waals surface area contributed by atoms with Gasteiger partial charge in [-0.25, -0.2) is 0 Å². The Morgan fingerprint density at radius 2 is 0.786 bits per heavy atom. The quantitative estimate of drug-likeness (QED) is 0.340. The molecule has 9 nitrogen and oxygen atoms in total. The Morgan fingerprint density at radius 1 is 0.500 bits per heavy atom. The van der Waals surface area contributed by atoms with E-state index in [0.29, 0.717) is 0 Å². The number of carboxylic acid groups (broad SMARTS) is 4.